The van der Waals surface area contributed by atoms with E-state index in [9.17, 15) is 0 Å². The molecule has 0 aliphatic rings. The van der Waals surface area contributed by atoms with Crippen molar-refractivity contribution >= 4 is 82.4 Å². The largest absolute Gasteiger partial charge is 0.456 e. The molecule has 0 fully saturated rings. The summed E-state index contributed by atoms with van der Waals surface area (Å²) in [7, 11) is 0. The molecule has 0 amide bonds. The SMILES string of the molecule is c1ccc2c(N(c3ccc(-c4c(-n5c6ccccc6c6ccccc65)ccc5ccccc45)cc3)c3ccc4c(c3)oc3ccccc34)cccc2c1. The lowest BCUT2D eigenvalue weighted by molar-refractivity contribution is 0.669. The minimum atomic E-state index is 0.872. The van der Waals surface area contributed by atoms with Gasteiger partial charge >= 0.3 is 0 Å². The van der Waals surface area contributed by atoms with Gasteiger partial charge in [-0.25, -0.2) is 0 Å². The van der Waals surface area contributed by atoms with Crippen molar-refractivity contribution < 1.29 is 4.42 Å². The highest BCUT2D eigenvalue weighted by Gasteiger charge is 2.20. The van der Waals surface area contributed by atoms with Crippen LogP contribution in [0.1, 0.15) is 0 Å². The lowest BCUT2D eigenvalue weighted by atomic mass is 9.95. The first-order valence-corrected chi connectivity index (χ1v) is 18.1. The third kappa shape index (κ3) is 4.61. The molecule has 0 saturated carbocycles. The average molecular weight is 677 g/mol. The van der Waals surface area contributed by atoms with Gasteiger partial charge in [0.05, 0.1) is 22.4 Å². The van der Waals surface area contributed by atoms with Crippen LogP contribution in [0.3, 0.4) is 0 Å². The third-order valence-electron chi connectivity index (χ3n) is 10.8. The number of aromatic nitrogens is 1. The van der Waals surface area contributed by atoms with Gasteiger partial charge in [0.1, 0.15) is 11.2 Å². The summed E-state index contributed by atoms with van der Waals surface area (Å²) in [5.41, 5.74) is 10.9. The molecular weight excluding hydrogens is 645 g/mol. The summed E-state index contributed by atoms with van der Waals surface area (Å²) in [6.45, 7) is 0. The lowest BCUT2D eigenvalue weighted by Gasteiger charge is -2.27. The number of rotatable bonds is 5. The summed E-state index contributed by atoms with van der Waals surface area (Å²) in [6.07, 6.45) is 0. The van der Waals surface area contributed by atoms with Gasteiger partial charge in [-0.1, -0.05) is 133 Å². The van der Waals surface area contributed by atoms with Crippen molar-refractivity contribution in [1.29, 1.82) is 0 Å². The molecule has 0 atom stereocenters. The van der Waals surface area contributed by atoms with Crippen LogP contribution in [0.25, 0.3) is 82.1 Å². The van der Waals surface area contributed by atoms with Crippen LogP contribution in [0.15, 0.2) is 199 Å². The number of fused-ring (bicyclic) bond motifs is 8. The monoisotopic (exact) mass is 676 g/mol. The van der Waals surface area contributed by atoms with Crippen molar-refractivity contribution in [3.8, 4) is 16.8 Å². The van der Waals surface area contributed by atoms with Crippen molar-refractivity contribution in [2.75, 3.05) is 4.90 Å². The summed E-state index contributed by atoms with van der Waals surface area (Å²) in [5.74, 6) is 0. The van der Waals surface area contributed by atoms with E-state index in [1.165, 1.54) is 48.9 Å². The van der Waals surface area contributed by atoms with Crippen molar-refractivity contribution in [2.45, 2.75) is 0 Å². The Bertz CT molecular complexity index is 3130. The van der Waals surface area contributed by atoms with Gasteiger partial charge in [-0.05, 0) is 76.3 Å². The van der Waals surface area contributed by atoms with E-state index in [2.05, 4.69) is 191 Å². The van der Waals surface area contributed by atoms with Gasteiger partial charge in [0.25, 0.3) is 0 Å². The fourth-order valence-corrected chi connectivity index (χ4v) is 8.39. The van der Waals surface area contributed by atoms with Gasteiger partial charge in [-0.15, -0.1) is 0 Å². The molecule has 248 valence electrons. The zero-order valence-electron chi connectivity index (χ0n) is 28.8. The molecule has 0 N–H and O–H groups in total. The minimum Gasteiger partial charge on any atom is -0.456 e. The normalized spacial score (nSPS) is 11.8. The number of nitrogens with zero attached hydrogens (tertiary/aromatic N) is 2. The van der Waals surface area contributed by atoms with E-state index < -0.39 is 0 Å². The number of para-hydroxylation sites is 3. The summed E-state index contributed by atoms with van der Waals surface area (Å²) < 4.78 is 8.84. The van der Waals surface area contributed by atoms with Gasteiger partial charge in [-0.3, -0.25) is 0 Å². The Kier molecular flexibility index (Phi) is 6.55. The maximum atomic E-state index is 6.40. The minimum absolute atomic E-state index is 0.872. The van der Waals surface area contributed by atoms with Crippen LogP contribution >= 0.6 is 0 Å². The number of anilines is 3. The molecule has 3 heteroatoms. The highest BCUT2D eigenvalue weighted by molar-refractivity contribution is 6.12. The van der Waals surface area contributed by atoms with Crippen LogP contribution < -0.4 is 4.90 Å². The second-order valence-corrected chi connectivity index (χ2v) is 13.7. The van der Waals surface area contributed by atoms with Crippen LogP contribution in [0.4, 0.5) is 17.1 Å². The molecule has 0 saturated heterocycles. The first-order valence-electron chi connectivity index (χ1n) is 18.1. The summed E-state index contributed by atoms with van der Waals surface area (Å²) in [5, 5.41) is 9.58. The third-order valence-corrected chi connectivity index (χ3v) is 10.8. The van der Waals surface area contributed by atoms with E-state index >= 15 is 0 Å². The summed E-state index contributed by atoms with van der Waals surface area (Å²) in [4.78, 5) is 2.36. The van der Waals surface area contributed by atoms with Gasteiger partial charge in [0.2, 0.25) is 0 Å². The first kappa shape index (κ1) is 29.6. The predicted molar refractivity (Wildman–Crippen MR) is 223 cm³/mol. The number of hydrogen-bond acceptors (Lipinski definition) is 2. The Labute approximate surface area is 306 Å². The smallest absolute Gasteiger partial charge is 0.137 e. The molecule has 0 spiro atoms. The van der Waals surface area contributed by atoms with Crippen LogP contribution in [0.5, 0.6) is 0 Å². The van der Waals surface area contributed by atoms with E-state index in [-0.39, 0.29) is 0 Å². The highest BCUT2D eigenvalue weighted by atomic mass is 16.3. The number of furan rings is 1. The molecule has 0 aliphatic heterocycles. The molecule has 9 aromatic carbocycles. The Balaban J connectivity index is 1.13. The molecule has 0 unspecified atom stereocenters. The Morgan fingerprint density at radius 2 is 0.943 bits per heavy atom. The molecule has 11 aromatic rings. The zero-order chi connectivity index (χ0) is 34.9. The van der Waals surface area contributed by atoms with Crippen LogP contribution in [0, 0.1) is 0 Å². The topological polar surface area (TPSA) is 21.3 Å². The molecule has 53 heavy (non-hydrogen) atoms. The fourth-order valence-electron chi connectivity index (χ4n) is 8.39. The maximum Gasteiger partial charge on any atom is 0.137 e. The van der Waals surface area contributed by atoms with Crippen LogP contribution in [0.2, 0.25) is 0 Å². The van der Waals surface area contributed by atoms with Crippen molar-refractivity contribution in [1.82, 2.24) is 4.57 Å². The van der Waals surface area contributed by atoms with Crippen molar-refractivity contribution in [3.05, 3.63) is 194 Å². The second kappa shape index (κ2) is 11.7. The Morgan fingerprint density at radius 1 is 0.377 bits per heavy atom. The average Bonchev–Trinajstić information content (AvgIpc) is 3.76. The van der Waals surface area contributed by atoms with Crippen LogP contribution in [-0.4, -0.2) is 4.57 Å². The number of hydrogen-bond donors (Lipinski definition) is 0. The van der Waals surface area contributed by atoms with Crippen molar-refractivity contribution in [2.24, 2.45) is 0 Å². The molecule has 11 rings (SSSR count). The molecule has 0 bridgehead atoms. The highest BCUT2D eigenvalue weighted by Crippen LogP contribution is 2.44. The van der Waals surface area contributed by atoms with Crippen molar-refractivity contribution in [3.63, 3.8) is 0 Å². The quantitative estimate of drug-likeness (QED) is 0.181. The second-order valence-electron chi connectivity index (χ2n) is 13.7. The molecule has 3 nitrogen and oxygen atoms in total. The molecule has 0 radical (unpaired) electrons. The molecular formula is C50H32N2O. The predicted octanol–water partition coefficient (Wildman–Crippen LogP) is 14.1. The molecule has 0 aliphatic carbocycles. The summed E-state index contributed by atoms with van der Waals surface area (Å²) >= 11 is 0. The fraction of sp³-hybridized carbons (Fsp3) is 0. The first-order chi connectivity index (χ1) is 26.3. The Hall–Kier alpha value is -7.10. The van der Waals surface area contributed by atoms with E-state index in [0.29, 0.717) is 0 Å². The lowest BCUT2D eigenvalue weighted by Crippen LogP contribution is -2.10. The molecule has 2 heterocycles. The van der Waals surface area contributed by atoms with E-state index in [1.807, 2.05) is 12.1 Å². The van der Waals surface area contributed by atoms with Gasteiger partial charge < -0.3 is 13.9 Å². The van der Waals surface area contributed by atoms with Gasteiger partial charge in [0, 0.05) is 49.9 Å². The van der Waals surface area contributed by atoms with Gasteiger partial charge in [0.15, 0.2) is 0 Å². The van der Waals surface area contributed by atoms with E-state index in [1.54, 1.807) is 0 Å². The maximum absolute atomic E-state index is 6.40. The number of benzene rings is 9. The van der Waals surface area contributed by atoms with Crippen LogP contribution in [-0.2, 0) is 0 Å². The van der Waals surface area contributed by atoms with Gasteiger partial charge in [-0.2, -0.15) is 0 Å². The van der Waals surface area contributed by atoms with E-state index in [4.69, 9.17) is 4.42 Å². The summed E-state index contributed by atoms with van der Waals surface area (Å²) in [6, 6.07) is 69.8. The standard InChI is InChI=1S/C50H32N2O/c1-3-15-38-33(12-1)14-11-22-44(38)51(37-29-30-43-42-19-7-10-23-48(42)53-49(43)32-37)36-27-24-35(25-28-36)50-39-16-4-2-13-34(39)26-31-47(50)52-45-20-8-5-17-40(45)41-18-6-9-21-46(41)52/h1-32H. The molecule has 2 aromatic heterocycles. The Morgan fingerprint density at radius 3 is 1.70 bits per heavy atom. The zero-order valence-corrected chi connectivity index (χ0v) is 28.8. The van der Waals surface area contributed by atoms with E-state index in [0.717, 1.165) is 50.3 Å².